The van der Waals surface area contributed by atoms with Gasteiger partial charge in [0.05, 0.1) is 0 Å². The Hall–Kier alpha value is -0.770. The van der Waals surface area contributed by atoms with Gasteiger partial charge in [-0.25, -0.2) is 0 Å². The molecule has 2 rings (SSSR count). The van der Waals surface area contributed by atoms with Gasteiger partial charge in [0.25, 0.3) is 0 Å². The van der Waals surface area contributed by atoms with Crippen molar-refractivity contribution in [2.75, 3.05) is 26.2 Å². The highest BCUT2D eigenvalue weighted by Gasteiger charge is 2.33. The van der Waals surface area contributed by atoms with Gasteiger partial charge in [-0.1, -0.05) is 6.42 Å². The monoisotopic (exact) mass is 224 g/mol. The largest absolute Gasteiger partial charge is 0.370 e. The topological polar surface area (TPSA) is 44.9 Å². The van der Waals surface area contributed by atoms with Gasteiger partial charge in [-0.2, -0.15) is 0 Å². The molecule has 4 nitrogen and oxygen atoms in total. The van der Waals surface area contributed by atoms with Gasteiger partial charge in [-0.15, -0.1) is 0 Å². The molecule has 2 aliphatic heterocycles. The number of aliphatic imine (C=N–C) groups is 1. The van der Waals surface area contributed by atoms with E-state index in [4.69, 9.17) is 5.73 Å². The summed E-state index contributed by atoms with van der Waals surface area (Å²) in [6.45, 7) is 8.55. The van der Waals surface area contributed by atoms with E-state index in [-0.39, 0.29) is 0 Å². The smallest absolute Gasteiger partial charge is 0.191 e. The van der Waals surface area contributed by atoms with Crippen LogP contribution in [-0.2, 0) is 0 Å². The van der Waals surface area contributed by atoms with Gasteiger partial charge >= 0.3 is 0 Å². The first-order chi connectivity index (χ1) is 7.72. The molecular formula is C12H24N4. The number of fused-ring (bicyclic) bond motifs is 1. The van der Waals surface area contributed by atoms with Crippen molar-refractivity contribution in [3.63, 3.8) is 0 Å². The van der Waals surface area contributed by atoms with E-state index in [1.165, 1.54) is 25.8 Å². The summed E-state index contributed by atoms with van der Waals surface area (Å²) in [5, 5.41) is 0. The molecule has 2 atom stereocenters. The summed E-state index contributed by atoms with van der Waals surface area (Å²) in [5.74, 6) is 0.736. The van der Waals surface area contributed by atoms with Crippen molar-refractivity contribution >= 4 is 5.96 Å². The Morgan fingerprint density at radius 3 is 2.94 bits per heavy atom. The lowest BCUT2D eigenvalue weighted by Crippen LogP contribution is -2.61. The van der Waals surface area contributed by atoms with Gasteiger partial charge in [-0.05, 0) is 33.2 Å². The summed E-state index contributed by atoms with van der Waals surface area (Å²) in [6, 6.07) is 1.21. The lowest BCUT2D eigenvalue weighted by atomic mass is 9.97. The van der Waals surface area contributed by atoms with E-state index in [1.54, 1.807) is 0 Å². The van der Waals surface area contributed by atoms with E-state index in [0.29, 0.717) is 12.1 Å². The minimum atomic E-state index is 0.504. The molecule has 0 radical (unpaired) electrons. The second kappa shape index (κ2) is 5.04. The molecule has 16 heavy (non-hydrogen) atoms. The predicted molar refractivity (Wildman–Crippen MR) is 67.5 cm³/mol. The Labute approximate surface area is 98.5 Å². The van der Waals surface area contributed by atoms with E-state index >= 15 is 0 Å². The predicted octanol–water partition coefficient (Wildman–Crippen LogP) is 0.880. The second-order valence-electron chi connectivity index (χ2n) is 4.98. The van der Waals surface area contributed by atoms with Crippen molar-refractivity contribution in [2.45, 2.75) is 45.2 Å². The first kappa shape index (κ1) is 11.7. The Balaban J connectivity index is 2.03. The summed E-state index contributed by atoms with van der Waals surface area (Å²) in [7, 11) is 0. The zero-order chi connectivity index (χ0) is 11.5. The highest BCUT2D eigenvalue weighted by Crippen LogP contribution is 2.23. The van der Waals surface area contributed by atoms with Crippen LogP contribution in [0.3, 0.4) is 0 Å². The third kappa shape index (κ3) is 2.32. The first-order valence-electron chi connectivity index (χ1n) is 6.53. The molecule has 0 aromatic heterocycles. The number of piperidine rings is 1. The lowest BCUT2D eigenvalue weighted by molar-refractivity contribution is 0.0496. The van der Waals surface area contributed by atoms with Crippen molar-refractivity contribution in [1.29, 1.82) is 0 Å². The van der Waals surface area contributed by atoms with Crippen LogP contribution in [0.4, 0.5) is 0 Å². The van der Waals surface area contributed by atoms with Crippen LogP contribution in [0.5, 0.6) is 0 Å². The summed E-state index contributed by atoms with van der Waals surface area (Å²) in [5.41, 5.74) is 6.03. The van der Waals surface area contributed by atoms with E-state index in [1.807, 2.05) is 6.92 Å². The number of piperazine rings is 1. The van der Waals surface area contributed by atoms with Crippen molar-refractivity contribution in [2.24, 2.45) is 10.7 Å². The maximum Gasteiger partial charge on any atom is 0.191 e. The second-order valence-corrected chi connectivity index (χ2v) is 4.98. The molecule has 0 aromatic rings. The van der Waals surface area contributed by atoms with Crippen LogP contribution >= 0.6 is 0 Å². The number of hydrogen-bond acceptors (Lipinski definition) is 2. The molecule has 0 aromatic carbocycles. The number of hydrogen-bond donors (Lipinski definition) is 1. The molecule has 0 spiro atoms. The molecule has 4 heteroatoms. The maximum atomic E-state index is 6.03. The van der Waals surface area contributed by atoms with Gasteiger partial charge in [0.1, 0.15) is 0 Å². The van der Waals surface area contributed by atoms with E-state index in [9.17, 15) is 0 Å². The van der Waals surface area contributed by atoms with Crippen LogP contribution in [-0.4, -0.2) is 54.0 Å². The summed E-state index contributed by atoms with van der Waals surface area (Å²) >= 11 is 0. The van der Waals surface area contributed by atoms with Crippen LogP contribution in [0.1, 0.15) is 33.1 Å². The molecule has 2 heterocycles. The number of nitrogens with two attached hydrogens (primary N) is 1. The maximum absolute atomic E-state index is 6.03. The van der Waals surface area contributed by atoms with Crippen molar-refractivity contribution in [1.82, 2.24) is 9.80 Å². The molecular weight excluding hydrogens is 200 g/mol. The molecule has 2 fully saturated rings. The highest BCUT2D eigenvalue weighted by molar-refractivity contribution is 5.78. The van der Waals surface area contributed by atoms with Crippen LogP contribution in [0.2, 0.25) is 0 Å². The van der Waals surface area contributed by atoms with Crippen molar-refractivity contribution < 1.29 is 0 Å². The Kier molecular flexibility index (Phi) is 3.69. The number of guanidine groups is 1. The normalized spacial score (nSPS) is 32.6. The van der Waals surface area contributed by atoms with E-state index in [2.05, 4.69) is 21.7 Å². The third-order valence-corrected chi connectivity index (χ3v) is 3.80. The van der Waals surface area contributed by atoms with Crippen molar-refractivity contribution in [3.8, 4) is 0 Å². The fourth-order valence-electron chi connectivity index (χ4n) is 2.92. The fraction of sp³-hybridized carbons (Fsp3) is 0.917. The molecule has 92 valence electrons. The van der Waals surface area contributed by atoms with Crippen LogP contribution < -0.4 is 5.73 Å². The number of rotatable bonds is 1. The molecule has 0 aliphatic carbocycles. The molecule has 2 saturated heterocycles. The minimum absolute atomic E-state index is 0.504. The fourth-order valence-corrected chi connectivity index (χ4v) is 2.92. The molecule has 2 aliphatic rings. The quantitative estimate of drug-likeness (QED) is 0.531. The van der Waals surface area contributed by atoms with Crippen LogP contribution in [0.25, 0.3) is 0 Å². The SMILES string of the molecule is CCN=C(N)N1CC2CCCCN2CC1C. The minimum Gasteiger partial charge on any atom is -0.370 e. The Bertz CT molecular complexity index is 264. The summed E-state index contributed by atoms with van der Waals surface area (Å²) < 4.78 is 0. The molecule has 0 bridgehead atoms. The van der Waals surface area contributed by atoms with Gasteiger partial charge in [0.2, 0.25) is 0 Å². The highest BCUT2D eigenvalue weighted by atomic mass is 15.4. The molecule has 0 amide bonds. The zero-order valence-electron chi connectivity index (χ0n) is 10.5. The van der Waals surface area contributed by atoms with Crippen molar-refractivity contribution in [3.05, 3.63) is 0 Å². The van der Waals surface area contributed by atoms with Crippen LogP contribution in [0.15, 0.2) is 4.99 Å². The zero-order valence-corrected chi connectivity index (χ0v) is 10.5. The van der Waals surface area contributed by atoms with Gasteiger partial charge < -0.3 is 10.6 Å². The molecule has 2 unspecified atom stereocenters. The van der Waals surface area contributed by atoms with Gasteiger partial charge in [-0.3, -0.25) is 9.89 Å². The average molecular weight is 224 g/mol. The number of nitrogens with zero attached hydrogens (tertiary/aromatic N) is 3. The molecule has 0 saturated carbocycles. The average Bonchev–Trinajstić information content (AvgIpc) is 2.28. The summed E-state index contributed by atoms with van der Waals surface area (Å²) in [4.78, 5) is 9.25. The Morgan fingerprint density at radius 1 is 1.38 bits per heavy atom. The molecule has 2 N–H and O–H groups in total. The standard InChI is InChI=1S/C12H24N4/c1-3-14-12(13)16-9-11-6-4-5-7-15(11)8-10(16)2/h10-11H,3-9H2,1-2H3,(H2,13,14). The van der Waals surface area contributed by atoms with E-state index < -0.39 is 0 Å². The van der Waals surface area contributed by atoms with Crippen LogP contribution in [0, 0.1) is 0 Å². The first-order valence-corrected chi connectivity index (χ1v) is 6.53. The lowest BCUT2D eigenvalue weighted by Gasteiger charge is -2.47. The third-order valence-electron chi connectivity index (χ3n) is 3.80. The van der Waals surface area contributed by atoms with E-state index in [0.717, 1.165) is 25.6 Å². The van der Waals surface area contributed by atoms with Gasteiger partial charge in [0.15, 0.2) is 5.96 Å². The summed E-state index contributed by atoms with van der Waals surface area (Å²) in [6.07, 6.45) is 4.05. The Morgan fingerprint density at radius 2 is 2.19 bits per heavy atom. The van der Waals surface area contributed by atoms with Gasteiger partial charge in [0, 0.05) is 31.7 Å².